The van der Waals surface area contributed by atoms with Gasteiger partial charge in [0.2, 0.25) is 0 Å². The lowest BCUT2D eigenvalue weighted by Crippen LogP contribution is -2.53. The van der Waals surface area contributed by atoms with Gasteiger partial charge in [0.05, 0.1) is 19.3 Å². The van der Waals surface area contributed by atoms with E-state index in [9.17, 15) is 14.0 Å². The van der Waals surface area contributed by atoms with Crippen molar-refractivity contribution in [1.82, 2.24) is 10.2 Å². The molecule has 2 aliphatic rings. The van der Waals surface area contributed by atoms with Crippen molar-refractivity contribution in [2.75, 3.05) is 24.3 Å². The van der Waals surface area contributed by atoms with Crippen molar-refractivity contribution in [3.8, 4) is 5.75 Å². The molecule has 0 saturated carbocycles. The van der Waals surface area contributed by atoms with Crippen LogP contribution in [0.4, 0.5) is 14.9 Å². The number of amides is 3. The number of nitrogens with zero attached hydrogens (tertiary/aromatic N) is 2. The van der Waals surface area contributed by atoms with Crippen LogP contribution in [-0.4, -0.2) is 36.2 Å². The number of urea groups is 1. The fraction of sp³-hybridized carbons (Fsp3) is 0.259. The Morgan fingerprint density at radius 3 is 2.69 bits per heavy atom. The molecule has 0 aliphatic carbocycles. The summed E-state index contributed by atoms with van der Waals surface area (Å²) in [6, 6.07) is 19.3. The first kappa shape index (κ1) is 23.2. The number of carbonyl (C=O) groups excluding carboxylic acids is 2. The van der Waals surface area contributed by atoms with Gasteiger partial charge in [-0.1, -0.05) is 42.0 Å². The summed E-state index contributed by atoms with van der Waals surface area (Å²) in [4.78, 5) is 29.6. The number of hydrogen-bond donors (Lipinski definition) is 1. The van der Waals surface area contributed by atoms with E-state index in [-0.39, 0.29) is 24.3 Å². The van der Waals surface area contributed by atoms with Crippen molar-refractivity contribution < 1.29 is 18.7 Å². The molecule has 0 radical (unpaired) electrons. The third kappa shape index (κ3) is 4.12. The highest BCUT2D eigenvalue weighted by atomic mass is 32.2. The summed E-state index contributed by atoms with van der Waals surface area (Å²) >= 11 is 1.44. The van der Waals surface area contributed by atoms with E-state index in [2.05, 4.69) is 5.32 Å². The molecule has 0 aromatic heterocycles. The molecular weight excluding hydrogens is 465 g/mol. The minimum Gasteiger partial charge on any atom is -0.497 e. The zero-order chi connectivity index (χ0) is 24.6. The van der Waals surface area contributed by atoms with Gasteiger partial charge in [0.1, 0.15) is 11.6 Å². The van der Waals surface area contributed by atoms with Crippen LogP contribution in [0.3, 0.4) is 0 Å². The summed E-state index contributed by atoms with van der Waals surface area (Å²) in [6.45, 7) is 3.01. The van der Waals surface area contributed by atoms with Crippen LogP contribution >= 0.6 is 11.8 Å². The second kappa shape index (κ2) is 9.26. The van der Waals surface area contributed by atoms with Crippen LogP contribution in [0.2, 0.25) is 0 Å². The van der Waals surface area contributed by atoms with Crippen molar-refractivity contribution in [2.45, 2.75) is 24.9 Å². The van der Waals surface area contributed by atoms with E-state index < -0.39 is 4.87 Å². The standard InChI is InChI=1S/C27H26FN3O3S/c1-18-5-3-6-19(13-18)16-29-26(33)31-11-12-35-27(31)23-15-22(34-2)9-10-24(23)30(25(27)32)17-20-7-4-8-21(28)14-20/h3-10,13-15H,11-12,16-17H2,1-2H3,(H,29,33)/t27-/m1/s1. The number of benzene rings is 3. The molecule has 1 fully saturated rings. The van der Waals surface area contributed by atoms with Gasteiger partial charge in [-0.2, -0.15) is 0 Å². The summed E-state index contributed by atoms with van der Waals surface area (Å²) in [5.41, 5.74) is 4.20. The summed E-state index contributed by atoms with van der Waals surface area (Å²) in [6.07, 6.45) is 0. The molecule has 0 unspecified atom stereocenters. The zero-order valence-corrected chi connectivity index (χ0v) is 20.4. The molecule has 35 heavy (non-hydrogen) atoms. The number of nitrogens with one attached hydrogen (secondary N) is 1. The third-order valence-corrected chi connectivity index (χ3v) is 7.82. The number of ether oxygens (including phenoxy) is 1. The predicted molar refractivity (Wildman–Crippen MR) is 135 cm³/mol. The zero-order valence-electron chi connectivity index (χ0n) is 19.6. The van der Waals surface area contributed by atoms with Crippen LogP contribution < -0.4 is 15.0 Å². The molecule has 2 aliphatic heterocycles. The van der Waals surface area contributed by atoms with Crippen LogP contribution in [0.1, 0.15) is 22.3 Å². The van der Waals surface area contributed by atoms with E-state index in [0.717, 1.165) is 11.1 Å². The summed E-state index contributed by atoms with van der Waals surface area (Å²) in [5, 5.41) is 2.99. The summed E-state index contributed by atoms with van der Waals surface area (Å²) in [5.74, 6) is 0.661. The molecule has 6 nitrogen and oxygen atoms in total. The van der Waals surface area contributed by atoms with Gasteiger partial charge in [0.15, 0.2) is 4.87 Å². The number of thioether (sulfide) groups is 1. The number of anilines is 1. The van der Waals surface area contributed by atoms with Crippen LogP contribution in [-0.2, 0) is 22.8 Å². The lowest BCUT2D eigenvalue weighted by Gasteiger charge is -2.33. The second-order valence-electron chi connectivity index (χ2n) is 8.70. The van der Waals surface area contributed by atoms with Gasteiger partial charge in [-0.3, -0.25) is 9.69 Å². The number of rotatable bonds is 5. The van der Waals surface area contributed by atoms with Gasteiger partial charge in [0, 0.05) is 24.4 Å². The largest absolute Gasteiger partial charge is 0.497 e. The molecule has 0 bridgehead atoms. The Morgan fingerprint density at radius 2 is 1.91 bits per heavy atom. The first-order valence-electron chi connectivity index (χ1n) is 11.4. The highest BCUT2D eigenvalue weighted by Crippen LogP contribution is 2.55. The maximum atomic E-state index is 14.1. The number of halogens is 1. The summed E-state index contributed by atoms with van der Waals surface area (Å²) < 4.78 is 19.3. The fourth-order valence-corrected chi connectivity index (χ4v) is 6.24. The van der Waals surface area contributed by atoms with Crippen LogP contribution in [0.5, 0.6) is 5.75 Å². The van der Waals surface area contributed by atoms with Gasteiger partial charge in [0.25, 0.3) is 5.91 Å². The van der Waals surface area contributed by atoms with Crippen LogP contribution in [0.25, 0.3) is 0 Å². The normalized spacial score (nSPS) is 18.8. The molecular formula is C27H26FN3O3S. The lowest BCUT2D eigenvalue weighted by atomic mass is 10.1. The molecule has 3 amide bonds. The van der Waals surface area contributed by atoms with E-state index in [1.807, 2.05) is 43.3 Å². The highest BCUT2D eigenvalue weighted by Gasteiger charge is 2.59. The smallest absolute Gasteiger partial charge is 0.319 e. The molecule has 1 N–H and O–H groups in total. The first-order valence-corrected chi connectivity index (χ1v) is 12.4. The lowest BCUT2D eigenvalue weighted by molar-refractivity contribution is -0.123. The monoisotopic (exact) mass is 491 g/mol. The van der Waals surface area contributed by atoms with Crippen LogP contribution in [0, 0.1) is 12.7 Å². The molecule has 1 saturated heterocycles. The van der Waals surface area contributed by atoms with Crippen molar-refractivity contribution >= 4 is 29.4 Å². The number of hydrogen-bond acceptors (Lipinski definition) is 4. The Kier molecular flexibility index (Phi) is 6.15. The average Bonchev–Trinajstić information content (AvgIpc) is 3.39. The summed E-state index contributed by atoms with van der Waals surface area (Å²) in [7, 11) is 1.57. The first-order chi connectivity index (χ1) is 16.9. The minimum atomic E-state index is -1.20. The number of aryl methyl sites for hydroxylation is 1. The molecule has 1 spiro atoms. The number of carbonyl (C=O) groups is 2. The van der Waals surface area contributed by atoms with Crippen LogP contribution in [0.15, 0.2) is 66.7 Å². The Balaban J connectivity index is 1.49. The second-order valence-corrected chi connectivity index (χ2v) is 9.98. The molecule has 2 heterocycles. The topological polar surface area (TPSA) is 61.9 Å². The Bertz CT molecular complexity index is 1300. The highest BCUT2D eigenvalue weighted by molar-refractivity contribution is 8.01. The maximum absolute atomic E-state index is 14.1. The predicted octanol–water partition coefficient (Wildman–Crippen LogP) is 4.80. The average molecular weight is 492 g/mol. The Hall–Kier alpha value is -3.52. The SMILES string of the molecule is COc1ccc2c(c1)[C@@]1(SCCN1C(=O)NCc1cccc(C)c1)C(=O)N2Cc1cccc(F)c1. The molecule has 180 valence electrons. The quantitative estimate of drug-likeness (QED) is 0.557. The number of fused-ring (bicyclic) bond motifs is 2. The van der Waals surface area contributed by atoms with E-state index in [0.29, 0.717) is 41.4 Å². The van der Waals surface area contributed by atoms with Gasteiger partial charge < -0.3 is 15.0 Å². The van der Waals surface area contributed by atoms with E-state index in [1.54, 1.807) is 35.1 Å². The van der Waals surface area contributed by atoms with Crippen molar-refractivity contribution in [3.05, 3.63) is 94.8 Å². The van der Waals surface area contributed by atoms with Gasteiger partial charge >= 0.3 is 6.03 Å². The van der Waals surface area contributed by atoms with Gasteiger partial charge in [-0.25, -0.2) is 9.18 Å². The van der Waals surface area contributed by atoms with Gasteiger partial charge in [-0.15, -0.1) is 11.8 Å². The van der Waals surface area contributed by atoms with Crippen molar-refractivity contribution in [2.24, 2.45) is 0 Å². The van der Waals surface area contributed by atoms with Crippen molar-refractivity contribution in [3.63, 3.8) is 0 Å². The van der Waals surface area contributed by atoms with E-state index >= 15 is 0 Å². The maximum Gasteiger partial charge on any atom is 0.319 e. The Morgan fingerprint density at radius 1 is 1.11 bits per heavy atom. The van der Waals surface area contributed by atoms with Gasteiger partial charge in [-0.05, 0) is 48.4 Å². The van der Waals surface area contributed by atoms with Crippen molar-refractivity contribution in [1.29, 1.82) is 0 Å². The van der Waals surface area contributed by atoms with E-state index in [4.69, 9.17) is 4.74 Å². The third-order valence-electron chi connectivity index (χ3n) is 6.40. The molecule has 5 rings (SSSR count). The molecule has 1 atom stereocenters. The fourth-order valence-electron chi connectivity index (χ4n) is 4.79. The molecule has 3 aromatic carbocycles. The molecule has 3 aromatic rings. The molecule has 8 heteroatoms. The van der Waals surface area contributed by atoms with E-state index in [1.165, 1.54) is 23.9 Å². The minimum absolute atomic E-state index is 0.205. The number of methoxy groups -OCH3 is 1. The Labute approximate surface area is 208 Å².